The Kier molecular flexibility index (Phi) is 3.97. The number of hydrogen-bond acceptors (Lipinski definition) is 3. The highest BCUT2D eigenvalue weighted by Crippen LogP contribution is 2.32. The van der Waals surface area contributed by atoms with Gasteiger partial charge in [0.05, 0.1) is 6.54 Å². The quantitative estimate of drug-likeness (QED) is 0.607. The van der Waals surface area contributed by atoms with E-state index in [2.05, 4.69) is 11.9 Å². The highest BCUT2D eigenvalue weighted by atomic mass is 16.4. The van der Waals surface area contributed by atoms with E-state index in [1.807, 2.05) is 12.1 Å². The van der Waals surface area contributed by atoms with Gasteiger partial charge in [-0.3, -0.25) is 9.69 Å². The Bertz CT molecular complexity index is 513. The minimum atomic E-state index is -0.978. The fourth-order valence-electron chi connectivity index (χ4n) is 2.26. The first-order valence-corrected chi connectivity index (χ1v) is 6.09. The predicted octanol–water partition coefficient (Wildman–Crippen LogP) is 0.804. The fraction of sp³-hybridized carbons (Fsp3) is 0.286. The molecule has 0 aromatic heterocycles. The molecule has 0 aliphatic carbocycles. The molecular formula is C14H16N2O3. The smallest absolute Gasteiger partial charge is 0.327 e. The number of benzene rings is 1. The molecule has 1 aliphatic heterocycles. The molecule has 0 saturated carbocycles. The SMILES string of the molecule is C=CCNCC(=O)N1c2ccccc2CC1C(=O)O. The molecule has 0 spiro atoms. The van der Waals surface area contributed by atoms with Crippen molar-refractivity contribution in [3.8, 4) is 0 Å². The van der Waals surface area contributed by atoms with Crippen LogP contribution in [0.2, 0.25) is 0 Å². The summed E-state index contributed by atoms with van der Waals surface area (Å²) in [6, 6.07) is 6.48. The maximum absolute atomic E-state index is 12.2. The van der Waals surface area contributed by atoms with Crippen LogP contribution < -0.4 is 10.2 Å². The first-order valence-electron chi connectivity index (χ1n) is 6.09. The average molecular weight is 260 g/mol. The van der Waals surface area contributed by atoms with E-state index in [0.29, 0.717) is 18.7 Å². The Morgan fingerprint density at radius 2 is 2.21 bits per heavy atom. The molecule has 19 heavy (non-hydrogen) atoms. The molecule has 0 radical (unpaired) electrons. The normalized spacial score (nSPS) is 17.1. The largest absolute Gasteiger partial charge is 0.480 e. The van der Waals surface area contributed by atoms with Crippen LogP contribution in [-0.4, -0.2) is 36.1 Å². The number of rotatable bonds is 5. The van der Waals surface area contributed by atoms with Gasteiger partial charge in [-0.2, -0.15) is 0 Å². The van der Waals surface area contributed by atoms with Gasteiger partial charge in [0.15, 0.2) is 0 Å². The van der Waals surface area contributed by atoms with Crippen LogP contribution >= 0.6 is 0 Å². The van der Waals surface area contributed by atoms with E-state index in [9.17, 15) is 14.7 Å². The maximum Gasteiger partial charge on any atom is 0.327 e. The third-order valence-electron chi connectivity index (χ3n) is 3.09. The van der Waals surface area contributed by atoms with Gasteiger partial charge in [-0.15, -0.1) is 6.58 Å². The molecule has 0 bridgehead atoms. The lowest BCUT2D eigenvalue weighted by atomic mass is 10.1. The van der Waals surface area contributed by atoms with Gasteiger partial charge in [0.2, 0.25) is 5.91 Å². The Hall–Kier alpha value is -2.14. The van der Waals surface area contributed by atoms with Crippen LogP contribution in [0.3, 0.4) is 0 Å². The van der Waals surface area contributed by atoms with Crippen LogP contribution in [-0.2, 0) is 16.0 Å². The number of nitrogens with zero attached hydrogens (tertiary/aromatic N) is 1. The number of aliphatic carboxylic acids is 1. The number of fused-ring (bicyclic) bond motifs is 1. The molecule has 5 nitrogen and oxygen atoms in total. The fourth-order valence-corrected chi connectivity index (χ4v) is 2.26. The molecule has 1 atom stereocenters. The van der Waals surface area contributed by atoms with E-state index in [0.717, 1.165) is 5.56 Å². The standard InChI is InChI=1S/C14H16N2O3/c1-2-7-15-9-13(17)16-11-6-4-3-5-10(11)8-12(16)14(18)19/h2-6,12,15H,1,7-9H2,(H,18,19). The topological polar surface area (TPSA) is 69.6 Å². The molecule has 100 valence electrons. The Morgan fingerprint density at radius 1 is 1.47 bits per heavy atom. The van der Waals surface area contributed by atoms with E-state index in [-0.39, 0.29) is 12.5 Å². The Morgan fingerprint density at radius 3 is 2.89 bits per heavy atom. The van der Waals surface area contributed by atoms with Gasteiger partial charge >= 0.3 is 5.97 Å². The zero-order valence-corrected chi connectivity index (χ0v) is 10.5. The first-order chi connectivity index (χ1) is 9.15. The molecule has 1 aromatic carbocycles. The number of nitrogens with one attached hydrogen (secondary N) is 1. The van der Waals surface area contributed by atoms with Crippen molar-refractivity contribution in [3.05, 3.63) is 42.5 Å². The van der Waals surface area contributed by atoms with E-state index < -0.39 is 12.0 Å². The van der Waals surface area contributed by atoms with E-state index in [1.54, 1.807) is 18.2 Å². The molecule has 1 unspecified atom stereocenters. The lowest BCUT2D eigenvalue weighted by Crippen LogP contribution is -2.46. The van der Waals surface area contributed by atoms with Crippen LogP contribution in [0.25, 0.3) is 0 Å². The van der Waals surface area contributed by atoms with Crippen LogP contribution in [0.1, 0.15) is 5.56 Å². The number of hydrogen-bond donors (Lipinski definition) is 2. The van der Waals surface area contributed by atoms with Gasteiger partial charge < -0.3 is 10.4 Å². The van der Waals surface area contributed by atoms with Crippen LogP contribution in [0, 0.1) is 0 Å². The van der Waals surface area contributed by atoms with Gasteiger partial charge in [0, 0.05) is 18.7 Å². The summed E-state index contributed by atoms with van der Waals surface area (Å²) in [7, 11) is 0. The second-order valence-electron chi connectivity index (χ2n) is 4.37. The number of amides is 1. The molecule has 1 aromatic rings. The lowest BCUT2D eigenvalue weighted by Gasteiger charge is -2.22. The molecule has 1 heterocycles. The van der Waals surface area contributed by atoms with E-state index in [4.69, 9.17) is 0 Å². The number of carboxylic acid groups (broad SMARTS) is 1. The summed E-state index contributed by atoms with van der Waals surface area (Å²) in [6.07, 6.45) is 2.01. The minimum absolute atomic E-state index is 0.101. The number of carbonyl (C=O) groups is 2. The van der Waals surface area contributed by atoms with Crippen molar-refractivity contribution in [3.63, 3.8) is 0 Å². The van der Waals surface area contributed by atoms with Crippen molar-refractivity contribution in [2.75, 3.05) is 18.0 Å². The van der Waals surface area contributed by atoms with E-state index >= 15 is 0 Å². The number of carbonyl (C=O) groups excluding carboxylic acids is 1. The summed E-state index contributed by atoms with van der Waals surface area (Å²) in [5.74, 6) is -1.22. The number of para-hydroxylation sites is 1. The molecule has 1 amide bonds. The zero-order valence-electron chi connectivity index (χ0n) is 10.5. The van der Waals surface area contributed by atoms with Gasteiger partial charge in [-0.1, -0.05) is 24.3 Å². The van der Waals surface area contributed by atoms with Crippen molar-refractivity contribution in [2.45, 2.75) is 12.5 Å². The summed E-state index contributed by atoms with van der Waals surface area (Å²) < 4.78 is 0. The van der Waals surface area contributed by atoms with Gasteiger partial charge in [-0.05, 0) is 11.6 Å². The molecule has 0 saturated heterocycles. The number of carboxylic acids is 1. The average Bonchev–Trinajstić information content (AvgIpc) is 2.78. The Labute approximate surface area is 111 Å². The zero-order chi connectivity index (χ0) is 13.8. The maximum atomic E-state index is 12.2. The van der Waals surface area contributed by atoms with Crippen LogP contribution in [0.4, 0.5) is 5.69 Å². The second-order valence-corrected chi connectivity index (χ2v) is 4.37. The monoisotopic (exact) mass is 260 g/mol. The van der Waals surface area contributed by atoms with Crippen molar-refractivity contribution in [1.82, 2.24) is 5.32 Å². The predicted molar refractivity (Wildman–Crippen MR) is 72.1 cm³/mol. The molecule has 0 fully saturated rings. The highest BCUT2D eigenvalue weighted by Gasteiger charge is 2.37. The lowest BCUT2D eigenvalue weighted by molar-refractivity contribution is -0.139. The van der Waals surface area contributed by atoms with Crippen molar-refractivity contribution in [2.24, 2.45) is 0 Å². The van der Waals surface area contributed by atoms with Crippen molar-refractivity contribution < 1.29 is 14.7 Å². The molecule has 5 heteroatoms. The summed E-state index contributed by atoms with van der Waals surface area (Å²) in [6.45, 7) is 4.17. The van der Waals surface area contributed by atoms with Crippen LogP contribution in [0.15, 0.2) is 36.9 Å². The summed E-state index contributed by atoms with van der Waals surface area (Å²) in [4.78, 5) is 24.8. The third-order valence-corrected chi connectivity index (χ3v) is 3.09. The van der Waals surface area contributed by atoms with Crippen molar-refractivity contribution >= 4 is 17.6 Å². The van der Waals surface area contributed by atoms with Crippen LogP contribution in [0.5, 0.6) is 0 Å². The third kappa shape index (κ3) is 2.66. The summed E-state index contributed by atoms with van der Waals surface area (Å²) >= 11 is 0. The van der Waals surface area contributed by atoms with Crippen molar-refractivity contribution in [1.29, 1.82) is 0 Å². The van der Waals surface area contributed by atoms with Gasteiger partial charge in [-0.25, -0.2) is 4.79 Å². The second kappa shape index (κ2) is 5.67. The van der Waals surface area contributed by atoms with Gasteiger partial charge in [0.25, 0.3) is 0 Å². The molecule has 2 rings (SSSR count). The molecular weight excluding hydrogens is 244 g/mol. The summed E-state index contributed by atoms with van der Waals surface area (Å²) in [5, 5.41) is 12.1. The van der Waals surface area contributed by atoms with E-state index in [1.165, 1.54) is 4.90 Å². The first kappa shape index (κ1) is 13.3. The highest BCUT2D eigenvalue weighted by molar-refractivity contribution is 6.02. The Balaban J connectivity index is 2.21. The number of anilines is 1. The minimum Gasteiger partial charge on any atom is -0.480 e. The molecule has 1 aliphatic rings. The molecule has 2 N–H and O–H groups in total. The van der Waals surface area contributed by atoms with Gasteiger partial charge in [0.1, 0.15) is 6.04 Å². The summed E-state index contributed by atoms with van der Waals surface area (Å²) in [5.41, 5.74) is 1.59.